The molecule has 0 saturated carbocycles. The molecule has 3 aromatic rings. The fourth-order valence-corrected chi connectivity index (χ4v) is 2.79. The monoisotopic (exact) mass is 302 g/mol. The van der Waals surface area contributed by atoms with E-state index in [0.717, 1.165) is 41.4 Å². The van der Waals surface area contributed by atoms with Crippen molar-refractivity contribution in [1.29, 1.82) is 0 Å². The fourth-order valence-electron chi connectivity index (χ4n) is 2.79. The van der Waals surface area contributed by atoms with Crippen LogP contribution in [0.3, 0.4) is 0 Å². The number of para-hydroxylation sites is 2. The van der Waals surface area contributed by atoms with Crippen molar-refractivity contribution in [1.82, 2.24) is 0 Å². The van der Waals surface area contributed by atoms with Crippen molar-refractivity contribution in [2.24, 2.45) is 0 Å². The second-order valence-electron chi connectivity index (χ2n) is 5.66. The lowest BCUT2D eigenvalue weighted by molar-refractivity contribution is 0.318. The van der Waals surface area contributed by atoms with Gasteiger partial charge in [0.1, 0.15) is 5.75 Å². The van der Waals surface area contributed by atoms with Gasteiger partial charge in [-0.15, -0.1) is 0 Å². The van der Waals surface area contributed by atoms with Crippen molar-refractivity contribution in [3.05, 3.63) is 66.7 Å². The summed E-state index contributed by atoms with van der Waals surface area (Å²) in [4.78, 5) is 0. The highest BCUT2D eigenvalue weighted by Gasteiger charge is 2.24. The van der Waals surface area contributed by atoms with Crippen molar-refractivity contribution >= 4 is 0 Å². The Morgan fingerprint density at radius 2 is 1.48 bits per heavy atom. The Labute approximate surface area is 136 Å². The molecule has 0 radical (unpaired) electrons. The number of fused-ring (bicyclic) bond motifs is 1. The summed E-state index contributed by atoms with van der Waals surface area (Å²) in [5, 5.41) is 0. The number of ether oxygens (including phenoxy) is 2. The molecule has 0 bridgehead atoms. The largest absolute Gasteiger partial charge is 0.493 e. The average molecular weight is 302 g/mol. The molecular formula is C21H18O2. The van der Waals surface area contributed by atoms with Crippen molar-refractivity contribution in [3.8, 4) is 39.5 Å². The van der Waals surface area contributed by atoms with E-state index in [9.17, 15) is 0 Å². The van der Waals surface area contributed by atoms with Crippen LogP contribution >= 0.6 is 0 Å². The lowest BCUT2D eigenvalue weighted by atomic mass is 10.00. The lowest BCUT2D eigenvalue weighted by Gasteiger charge is -2.11. The molecule has 0 aliphatic carbocycles. The molecule has 1 aliphatic heterocycles. The lowest BCUT2D eigenvalue weighted by Crippen LogP contribution is -1.96. The molecule has 1 aliphatic rings. The van der Waals surface area contributed by atoms with Gasteiger partial charge in [-0.3, -0.25) is 0 Å². The minimum Gasteiger partial charge on any atom is -0.493 e. The Balaban J connectivity index is 1.66. The van der Waals surface area contributed by atoms with Gasteiger partial charge in [0.15, 0.2) is 11.5 Å². The number of hydrogen-bond acceptors (Lipinski definition) is 2. The Morgan fingerprint density at radius 3 is 2.26 bits per heavy atom. The minimum atomic E-state index is 0.739. The van der Waals surface area contributed by atoms with E-state index in [-0.39, 0.29) is 0 Å². The summed E-state index contributed by atoms with van der Waals surface area (Å²) < 4.78 is 11.3. The van der Waals surface area contributed by atoms with E-state index in [4.69, 9.17) is 9.47 Å². The third-order valence-corrected chi connectivity index (χ3v) is 4.00. The summed E-state index contributed by atoms with van der Waals surface area (Å²) in [5.41, 5.74) is 4.63. The third kappa shape index (κ3) is 2.68. The zero-order valence-electron chi connectivity index (χ0n) is 13.1. The number of benzene rings is 3. The van der Waals surface area contributed by atoms with Crippen LogP contribution in [-0.2, 0) is 0 Å². The van der Waals surface area contributed by atoms with Crippen LogP contribution in [0.1, 0.15) is 13.3 Å². The van der Waals surface area contributed by atoms with E-state index < -0.39 is 0 Å². The van der Waals surface area contributed by atoms with E-state index >= 15 is 0 Å². The van der Waals surface area contributed by atoms with Crippen LogP contribution in [-0.4, -0.2) is 6.61 Å². The molecule has 1 heterocycles. The predicted molar refractivity (Wildman–Crippen MR) is 93.2 cm³/mol. The van der Waals surface area contributed by atoms with Gasteiger partial charge < -0.3 is 9.47 Å². The van der Waals surface area contributed by atoms with Crippen LogP contribution in [0, 0.1) is 0 Å². The Kier molecular flexibility index (Phi) is 3.51. The van der Waals surface area contributed by atoms with Gasteiger partial charge in [0.25, 0.3) is 0 Å². The maximum absolute atomic E-state index is 5.86. The van der Waals surface area contributed by atoms with Gasteiger partial charge >= 0.3 is 0 Å². The van der Waals surface area contributed by atoms with Crippen LogP contribution in [0.15, 0.2) is 66.7 Å². The zero-order valence-corrected chi connectivity index (χ0v) is 13.1. The normalized spacial score (nSPS) is 11.5. The summed E-state index contributed by atoms with van der Waals surface area (Å²) in [7, 11) is 0. The summed E-state index contributed by atoms with van der Waals surface area (Å²) in [5.74, 6) is 2.94. The predicted octanol–water partition coefficient (Wildman–Crippen LogP) is 5.92. The van der Waals surface area contributed by atoms with E-state index in [1.807, 2.05) is 30.3 Å². The van der Waals surface area contributed by atoms with Crippen LogP contribution in [0.2, 0.25) is 0 Å². The molecule has 4 rings (SSSR count). The minimum absolute atomic E-state index is 0.739. The summed E-state index contributed by atoms with van der Waals surface area (Å²) in [6.45, 7) is 2.86. The first-order valence-corrected chi connectivity index (χ1v) is 8.00. The van der Waals surface area contributed by atoms with E-state index in [1.54, 1.807) is 0 Å². The van der Waals surface area contributed by atoms with Gasteiger partial charge in [-0.25, -0.2) is 0 Å². The first-order chi connectivity index (χ1) is 11.4. The third-order valence-electron chi connectivity index (χ3n) is 4.00. The van der Waals surface area contributed by atoms with Gasteiger partial charge in [0, 0.05) is 11.1 Å². The van der Waals surface area contributed by atoms with E-state index in [1.165, 1.54) is 11.1 Å². The van der Waals surface area contributed by atoms with Gasteiger partial charge in [0.05, 0.1) is 6.61 Å². The van der Waals surface area contributed by atoms with Crippen LogP contribution in [0.25, 0.3) is 22.3 Å². The molecule has 0 unspecified atom stereocenters. The molecule has 2 nitrogen and oxygen atoms in total. The van der Waals surface area contributed by atoms with Crippen LogP contribution < -0.4 is 9.47 Å². The molecule has 3 aromatic carbocycles. The van der Waals surface area contributed by atoms with Gasteiger partial charge in [0.2, 0.25) is 0 Å². The first-order valence-electron chi connectivity index (χ1n) is 8.00. The highest BCUT2D eigenvalue weighted by atomic mass is 16.6. The highest BCUT2D eigenvalue weighted by molar-refractivity contribution is 5.81. The molecule has 23 heavy (non-hydrogen) atoms. The summed E-state index contributed by atoms with van der Waals surface area (Å²) in [6.07, 6.45) is 1.01. The summed E-state index contributed by atoms with van der Waals surface area (Å²) in [6, 6.07) is 22.9. The quantitative estimate of drug-likeness (QED) is 0.427. The molecule has 0 aromatic heterocycles. The molecule has 0 amide bonds. The topological polar surface area (TPSA) is 21.8 Å². The van der Waals surface area contributed by atoms with Crippen molar-refractivity contribution in [2.45, 2.75) is 13.3 Å². The maximum atomic E-state index is 5.86. The van der Waals surface area contributed by atoms with Crippen LogP contribution in [0.5, 0.6) is 17.2 Å². The van der Waals surface area contributed by atoms with Crippen LogP contribution in [0.4, 0.5) is 0 Å². The second-order valence-corrected chi connectivity index (χ2v) is 5.66. The van der Waals surface area contributed by atoms with Crippen molar-refractivity contribution in [3.63, 3.8) is 0 Å². The Bertz CT molecular complexity index is 835. The maximum Gasteiger partial charge on any atom is 0.177 e. The smallest absolute Gasteiger partial charge is 0.177 e. The molecule has 0 spiro atoms. The average Bonchev–Trinajstić information content (AvgIpc) is 3.40. The van der Waals surface area contributed by atoms with Crippen molar-refractivity contribution < 1.29 is 9.47 Å². The Morgan fingerprint density at radius 1 is 0.783 bits per heavy atom. The van der Waals surface area contributed by atoms with Crippen molar-refractivity contribution in [2.75, 3.05) is 6.61 Å². The molecule has 0 fully saturated rings. The van der Waals surface area contributed by atoms with Gasteiger partial charge in [-0.1, -0.05) is 61.5 Å². The molecule has 0 atom stereocenters. The SMILES string of the molecule is CCCOc1ccccc1-c1ccc(-c2cccc3c2O3)cc1. The Hall–Kier alpha value is -2.74. The first kappa shape index (κ1) is 13.9. The number of rotatable bonds is 5. The van der Waals surface area contributed by atoms with Gasteiger partial charge in [-0.2, -0.15) is 0 Å². The van der Waals surface area contributed by atoms with E-state index in [2.05, 4.69) is 43.3 Å². The standard InChI is InChI=1S/C21H18O2/c1-2-14-22-19-8-4-3-6-17(19)15-10-12-16(13-11-15)18-7-5-9-20-21(18)23-20/h3-13H,2,14H2,1H3. The zero-order chi connectivity index (χ0) is 15.6. The molecule has 2 heteroatoms. The summed E-state index contributed by atoms with van der Waals surface area (Å²) >= 11 is 0. The molecule has 0 saturated heterocycles. The molecule has 0 N–H and O–H groups in total. The number of hydrogen-bond donors (Lipinski definition) is 0. The van der Waals surface area contributed by atoms with E-state index in [0.29, 0.717) is 0 Å². The molecular weight excluding hydrogens is 284 g/mol. The molecule has 114 valence electrons. The highest BCUT2D eigenvalue weighted by Crippen LogP contribution is 2.51. The second kappa shape index (κ2) is 5.81. The van der Waals surface area contributed by atoms with Gasteiger partial charge in [-0.05, 0) is 29.7 Å². The fraction of sp³-hybridized carbons (Fsp3) is 0.143.